The van der Waals surface area contributed by atoms with Crippen molar-refractivity contribution in [1.29, 1.82) is 0 Å². The highest BCUT2D eigenvalue weighted by atomic mass is 16.5. The van der Waals surface area contributed by atoms with Crippen molar-refractivity contribution in [3.63, 3.8) is 0 Å². The second-order valence-corrected chi connectivity index (χ2v) is 6.62. The lowest BCUT2D eigenvalue weighted by Gasteiger charge is -2.38. The highest BCUT2D eigenvalue weighted by Crippen LogP contribution is 2.50. The lowest BCUT2D eigenvalue weighted by molar-refractivity contribution is -0.0236. The molecule has 5 rings (SSSR count). The second-order valence-electron chi connectivity index (χ2n) is 6.62. The molecule has 0 saturated carbocycles. The molecule has 5 heteroatoms. The van der Waals surface area contributed by atoms with Crippen LogP contribution in [-0.4, -0.2) is 22.8 Å². The Balaban J connectivity index is 1.63. The SMILES string of the molecule is COc1cccc2c1O[C@@H](c1ccccn1)N1N=C(c3ccccc3)C[C@H]21. The molecule has 0 bridgehead atoms. The molecular formula is C22H19N3O2. The lowest BCUT2D eigenvalue weighted by Crippen LogP contribution is -2.34. The summed E-state index contributed by atoms with van der Waals surface area (Å²) in [6.45, 7) is 0. The van der Waals surface area contributed by atoms with Crippen LogP contribution in [0.25, 0.3) is 0 Å². The molecule has 2 aliphatic rings. The normalized spacial score (nSPS) is 20.3. The van der Waals surface area contributed by atoms with Gasteiger partial charge in [-0.3, -0.25) is 4.98 Å². The summed E-state index contributed by atoms with van der Waals surface area (Å²) in [7, 11) is 1.67. The van der Waals surface area contributed by atoms with Crippen molar-refractivity contribution in [3.8, 4) is 11.5 Å². The minimum atomic E-state index is -0.388. The van der Waals surface area contributed by atoms with Crippen LogP contribution in [-0.2, 0) is 0 Å². The Morgan fingerprint density at radius 1 is 1.00 bits per heavy atom. The molecule has 3 aromatic rings. The van der Waals surface area contributed by atoms with Gasteiger partial charge in [0.15, 0.2) is 11.5 Å². The fourth-order valence-corrected chi connectivity index (χ4v) is 3.77. The molecule has 0 unspecified atom stereocenters. The second kappa shape index (κ2) is 6.43. The summed E-state index contributed by atoms with van der Waals surface area (Å²) in [5, 5.41) is 6.97. The van der Waals surface area contributed by atoms with Crippen LogP contribution < -0.4 is 9.47 Å². The Bertz CT molecular complexity index is 989. The highest BCUT2D eigenvalue weighted by Gasteiger charge is 2.42. The first-order chi connectivity index (χ1) is 13.3. The molecule has 0 saturated heterocycles. The van der Waals surface area contributed by atoms with Crippen molar-refractivity contribution in [1.82, 2.24) is 9.99 Å². The van der Waals surface area contributed by atoms with Crippen LogP contribution in [0.2, 0.25) is 0 Å². The van der Waals surface area contributed by atoms with Crippen LogP contribution in [0.4, 0.5) is 0 Å². The Labute approximate surface area is 157 Å². The number of para-hydroxylation sites is 1. The first kappa shape index (κ1) is 15.9. The van der Waals surface area contributed by atoms with Crippen molar-refractivity contribution in [2.24, 2.45) is 5.10 Å². The molecule has 0 radical (unpaired) electrons. The molecule has 2 atom stereocenters. The lowest BCUT2D eigenvalue weighted by atomic mass is 9.96. The van der Waals surface area contributed by atoms with Gasteiger partial charge in [-0.2, -0.15) is 5.10 Å². The van der Waals surface area contributed by atoms with E-state index in [9.17, 15) is 0 Å². The van der Waals surface area contributed by atoms with Crippen LogP contribution in [0, 0.1) is 0 Å². The van der Waals surface area contributed by atoms with Gasteiger partial charge in [-0.25, -0.2) is 5.01 Å². The van der Waals surface area contributed by atoms with E-state index in [1.54, 1.807) is 13.3 Å². The number of rotatable bonds is 3. The standard InChI is InChI=1S/C22H19N3O2/c1-26-20-12-7-10-16-19-14-18(15-8-3-2-4-9-15)24-25(19)22(27-21(16)20)17-11-5-6-13-23-17/h2-13,19,22H,14H2,1H3/t19-,22+/m1/s1. The molecule has 0 N–H and O–H groups in total. The van der Waals surface area contributed by atoms with Crippen LogP contribution >= 0.6 is 0 Å². The Kier molecular flexibility index (Phi) is 3.78. The van der Waals surface area contributed by atoms with Gasteiger partial charge in [0, 0.05) is 18.2 Å². The molecular weight excluding hydrogens is 338 g/mol. The maximum absolute atomic E-state index is 6.37. The van der Waals surface area contributed by atoms with Gasteiger partial charge in [-0.15, -0.1) is 0 Å². The van der Waals surface area contributed by atoms with Gasteiger partial charge >= 0.3 is 0 Å². The number of methoxy groups -OCH3 is 1. The van der Waals surface area contributed by atoms with Gasteiger partial charge < -0.3 is 9.47 Å². The predicted molar refractivity (Wildman–Crippen MR) is 103 cm³/mol. The summed E-state index contributed by atoms with van der Waals surface area (Å²) >= 11 is 0. The molecule has 0 spiro atoms. The summed E-state index contributed by atoms with van der Waals surface area (Å²) in [5.41, 5.74) is 4.12. The number of aromatic nitrogens is 1. The molecule has 5 nitrogen and oxygen atoms in total. The molecule has 2 aromatic carbocycles. The minimum absolute atomic E-state index is 0.0889. The fourth-order valence-electron chi connectivity index (χ4n) is 3.77. The number of pyridine rings is 1. The number of benzene rings is 2. The van der Waals surface area contributed by atoms with E-state index in [0.29, 0.717) is 0 Å². The highest BCUT2D eigenvalue weighted by molar-refractivity contribution is 6.01. The average molecular weight is 357 g/mol. The van der Waals surface area contributed by atoms with E-state index in [1.165, 1.54) is 0 Å². The number of hydrogen-bond acceptors (Lipinski definition) is 5. The third-order valence-electron chi connectivity index (χ3n) is 5.05. The fraction of sp³-hybridized carbons (Fsp3) is 0.182. The molecule has 0 amide bonds. The summed E-state index contributed by atoms with van der Waals surface area (Å²) in [6.07, 6.45) is 2.21. The van der Waals surface area contributed by atoms with Gasteiger partial charge in [0.1, 0.15) is 5.69 Å². The third kappa shape index (κ3) is 2.63. The molecule has 3 heterocycles. The smallest absolute Gasteiger partial charge is 0.230 e. The van der Waals surface area contributed by atoms with Crippen LogP contribution in [0.15, 0.2) is 78.0 Å². The zero-order valence-corrected chi connectivity index (χ0v) is 14.9. The van der Waals surface area contributed by atoms with Crippen molar-refractivity contribution in [2.75, 3.05) is 7.11 Å². The predicted octanol–water partition coefficient (Wildman–Crippen LogP) is 4.33. The Hall–Kier alpha value is -3.34. The molecule has 0 fully saturated rings. The topological polar surface area (TPSA) is 47.0 Å². The molecule has 2 aliphatic heterocycles. The zero-order valence-electron chi connectivity index (χ0n) is 14.9. The van der Waals surface area contributed by atoms with E-state index < -0.39 is 0 Å². The number of fused-ring (bicyclic) bond motifs is 3. The van der Waals surface area contributed by atoms with E-state index >= 15 is 0 Å². The zero-order chi connectivity index (χ0) is 18.2. The van der Waals surface area contributed by atoms with Crippen LogP contribution in [0.1, 0.15) is 35.5 Å². The quantitative estimate of drug-likeness (QED) is 0.700. The van der Waals surface area contributed by atoms with E-state index in [0.717, 1.165) is 40.5 Å². The van der Waals surface area contributed by atoms with Crippen molar-refractivity contribution < 1.29 is 9.47 Å². The summed E-state index contributed by atoms with van der Waals surface area (Å²) < 4.78 is 11.9. The maximum Gasteiger partial charge on any atom is 0.230 e. The maximum atomic E-state index is 6.37. The first-order valence-corrected chi connectivity index (χ1v) is 9.01. The van der Waals surface area contributed by atoms with E-state index in [2.05, 4.69) is 23.2 Å². The van der Waals surface area contributed by atoms with Crippen LogP contribution in [0.3, 0.4) is 0 Å². The van der Waals surface area contributed by atoms with Gasteiger partial charge in [-0.1, -0.05) is 48.5 Å². The van der Waals surface area contributed by atoms with Gasteiger partial charge in [0.05, 0.1) is 18.9 Å². The monoisotopic (exact) mass is 357 g/mol. The molecule has 1 aromatic heterocycles. The minimum Gasteiger partial charge on any atom is -0.493 e. The van der Waals surface area contributed by atoms with E-state index in [4.69, 9.17) is 14.6 Å². The van der Waals surface area contributed by atoms with Gasteiger partial charge in [-0.05, 0) is 23.8 Å². The summed E-state index contributed by atoms with van der Waals surface area (Å²) in [6, 6.07) is 22.2. The van der Waals surface area contributed by atoms with Gasteiger partial charge in [0.2, 0.25) is 6.23 Å². The van der Waals surface area contributed by atoms with Crippen molar-refractivity contribution >= 4 is 5.71 Å². The van der Waals surface area contributed by atoms with Crippen molar-refractivity contribution in [3.05, 3.63) is 89.7 Å². The molecule has 0 aliphatic carbocycles. The third-order valence-corrected chi connectivity index (χ3v) is 5.05. The molecule has 134 valence electrons. The largest absolute Gasteiger partial charge is 0.493 e. The first-order valence-electron chi connectivity index (χ1n) is 9.01. The average Bonchev–Trinajstić information content (AvgIpc) is 3.20. The van der Waals surface area contributed by atoms with Crippen molar-refractivity contribution in [2.45, 2.75) is 18.7 Å². The Morgan fingerprint density at radius 2 is 1.85 bits per heavy atom. The number of hydrogen-bond donors (Lipinski definition) is 0. The summed E-state index contributed by atoms with van der Waals surface area (Å²) in [5.74, 6) is 1.52. The van der Waals surface area contributed by atoms with E-state index in [-0.39, 0.29) is 12.3 Å². The number of nitrogens with zero attached hydrogens (tertiary/aromatic N) is 3. The van der Waals surface area contributed by atoms with E-state index in [1.807, 2.05) is 53.5 Å². The number of ether oxygens (including phenoxy) is 2. The van der Waals surface area contributed by atoms with Crippen LogP contribution in [0.5, 0.6) is 11.5 Å². The summed E-state index contributed by atoms with van der Waals surface area (Å²) in [4.78, 5) is 4.51. The number of hydrazone groups is 1. The molecule has 27 heavy (non-hydrogen) atoms. The van der Waals surface area contributed by atoms with Gasteiger partial charge in [0.25, 0.3) is 0 Å². The Morgan fingerprint density at radius 3 is 2.63 bits per heavy atom.